The maximum absolute atomic E-state index is 13.6. The van der Waals surface area contributed by atoms with Gasteiger partial charge in [-0.05, 0) is 41.3 Å². The highest BCUT2D eigenvalue weighted by Crippen LogP contribution is 2.42. The first-order chi connectivity index (χ1) is 19.4. The van der Waals surface area contributed by atoms with E-state index in [4.69, 9.17) is 25.8 Å². The summed E-state index contributed by atoms with van der Waals surface area (Å²) < 4.78 is 46.5. The number of aliphatic hydroxyl groups is 1. The minimum Gasteiger partial charge on any atom is -0.497 e. The molecule has 0 aliphatic rings. The van der Waals surface area contributed by atoms with Crippen LogP contribution in [0.3, 0.4) is 0 Å². The van der Waals surface area contributed by atoms with Gasteiger partial charge in [-0.1, -0.05) is 44.5 Å². The third-order valence-electron chi connectivity index (χ3n) is 5.81. The number of aromatic nitrogens is 3. The van der Waals surface area contributed by atoms with Gasteiger partial charge in [-0.25, -0.2) is 13.4 Å². The van der Waals surface area contributed by atoms with Gasteiger partial charge in [0.05, 0.1) is 23.6 Å². The van der Waals surface area contributed by atoms with Crippen molar-refractivity contribution in [2.24, 2.45) is 0 Å². The number of halogens is 1. The van der Waals surface area contributed by atoms with Gasteiger partial charge in [0.25, 0.3) is 15.9 Å². The van der Waals surface area contributed by atoms with Crippen molar-refractivity contribution in [3.05, 3.63) is 81.7 Å². The Morgan fingerprint density at radius 1 is 1.05 bits per heavy atom. The molecular formula is C28H29ClN4O7S. The van der Waals surface area contributed by atoms with E-state index in [-0.39, 0.29) is 63.1 Å². The Labute approximate surface area is 242 Å². The Hall–Kier alpha value is -4.13. The van der Waals surface area contributed by atoms with Gasteiger partial charge < -0.3 is 24.3 Å². The summed E-state index contributed by atoms with van der Waals surface area (Å²) in [6.45, 7) is 5.49. The van der Waals surface area contributed by atoms with Crippen LogP contribution in [0.25, 0.3) is 11.4 Å². The summed E-state index contributed by atoms with van der Waals surface area (Å²) in [5, 5.41) is 9.61. The van der Waals surface area contributed by atoms with Crippen LogP contribution < -0.4 is 24.5 Å². The van der Waals surface area contributed by atoms with E-state index in [1.807, 2.05) is 20.8 Å². The van der Waals surface area contributed by atoms with E-state index in [1.165, 1.54) is 49.7 Å². The molecule has 4 rings (SSSR count). The number of benzene rings is 2. The molecule has 0 saturated heterocycles. The largest absolute Gasteiger partial charge is 0.497 e. The van der Waals surface area contributed by atoms with Crippen LogP contribution in [0, 0.1) is 0 Å². The zero-order chi connectivity index (χ0) is 29.8. The minimum absolute atomic E-state index is 0.0231. The molecule has 0 spiro atoms. The maximum Gasteiger partial charge on any atom is 0.263 e. The number of hydrogen-bond acceptors (Lipinski definition) is 9. The highest BCUT2D eigenvalue weighted by Gasteiger charge is 2.26. The molecule has 0 bridgehead atoms. The van der Waals surface area contributed by atoms with E-state index in [9.17, 15) is 18.3 Å². The molecule has 0 aliphatic heterocycles. The Morgan fingerprint density at radius 3 is 2.41 bits per heavy atom. The van der Waals surface area contributed by atoms with Crippen molar-refractivity contribution in [2.45, 2.75) is 31.1 Å². The van der Waals surface area contributed by atoms with Crippen molar-refractivity contribution in [3.63, 3.8) is 0 Å². The van der Waals surface area contributed by atoms with Crippen LogP contribution in [0.4, 0.5) is 5.82 Å². The number of aromatic amines is 1. The highest BCUT2D eigenvalue weighted by atomic mass is 35.5. The third-order valence-corrected chi connectivity index (χ3v) is 7.48. The molecule has 2 aromatic carbocycles. The average Bonchev–Trinajstić information content (AvgIpc) is 2.93. The van der Waals surface area contributed by atoms with Crippen molar-refractivity contribution in [3.8, 4) is 34.5 Å². The van der Waals surface area contributed by atoms with Crippen LogP contribution in [0.1, 0.15) is 26.3 Å². The molecule has 3 N–H and O–H groups in total. The van der Waals surface area contributed by atoms with Gasteiger partial charge in [0.15, 0.2) is 11.6 Å². The molecule has 4 aromatic rings. The average molecular weight is 601 g/mol. The van der Waals surface area contributed by atoms with E-state index >= 15 is 0 Å². The van der Waals surface area contributed by atoms with Crippen molar-refractivity contribution in [2.75, 3.05) is 25.0 Å². The topological polar surface area (TPSA) is 153 Å². The molecule has 0 atom stereocenters. The predicted octanol–water partition coefficient (Wildman–Crippen LogP) is 4.76. The van der Waals surface area contributed by atoms with Crippen molar-refractivity contribution in [1.29, 1.82) is 0 Å². The fourth-order valence-electron chi connectivity index (χ4n) is 3.66. The number of sulfonamides is 1. The smallest absolute Gasteiger partial charge is 0.263 e. The Morgan fingerprint density at radius 2 is 1.78 bits per heavy atom. The highest BCUT2D eigenvalue weighted by molar-refractivity contribution is 7.92. The fourth-order valence-corrected chi connectivity index (χ4v) is 4.82. The number of methoxy groups -OCH3 is 1. The molecule has 0 radical (unpaired) electrons. The van der Waals surface area contributed by atoms with Crippen molar-refractivity contribution >= 4 is 27.4 Å². The standard InChI is InChI=1S/C28H29ClN4O7S/c1-28(2,3)18-5-8-20(9-6-18)41(36,37)33-26-24(40-22-16-19(38-4)7-10-21(22)29)27(39-14-13-34)32-25(31-26)17-11-12-30-23(35)15-17/h5-12,15-16,34H,13-14H2,1-4H3,(H,30,35)(H,31,32,33). The number of H-pyrrole nitrogens is 1. The van der Waals surface area contributed by atoms with E-state index < -0.39 is 15.6 Å². The molecule has 2 aromatic heterocycles. The first-order valence-corrected chi connectivity index (χ1v) is 14.3. The van der Waals surface area contributed by atoms with Gasteiger partial charge in [-0.2, -0.15) is 4.98 Å². The molecular weight excluding hydrogens is 572 g/mol. The lowest BCUT2D eigenvalue weighted by atomic mass is 9.87. The second-order valence-corrected chi connectivity index (χ2v) is 11.9. The third kappa shape index (κ3) is 7.15. The quantitative estimate of drug-likeness (QED) is 0.234. The molecule has 0 unspecified atom stereocenters. The van der Waals surface area contributed by atoms with Gasteiger partial charge in [0.1, 0.15) is 18.1 Å². The summed E-state index contributed by atoms with van der Waals surface area (Å²) in [6.07, 6.45) is 1.40. The maximum atomic E-state index is 13.6. The molecule has 41 heavy (non-hydrogen) atoms. The summed E-state index contributed by atoms with van der Waals surface area (Å²) in [5.41, 5.74) is 0.629. The van der Waals surface area contributed by atoms with Crippen molar-refractivity contribution < 1.29 is 27.7 Å². The number of nitrogens with zero attached hydrogens (tertiary/aromatic N) is 2. The van der Waals surface area contributed by atoms with Crippen LogP contribution in [-0.4, -0.2) is 48.8 Å². The molecule has 0 saturated carbocycles. The van der Waals surface area contributed by atoms with E-state index in [0.29, 0.717) is 5.75 Å². The number of ether oxygens (including phenoxy) is 3. The second-order valence-electron chi connectivity index (χ2n) is 9.82. The minimum atomic E-state index is -4.21. The Bertz CT molecular complexity index is 1700. The molecule has 2 heterocycles. The summed E-state index contributed by atoms with van der Waals surface area (Å²) in [5.74, 6) is -0.233. The summed E-state index contributed by atoms with van der Waals surface area (Å²) in [7, 11) is -2.74. The molecule has 0 fully saturated rings. The number of hydrogen-bond donors (Lipinski definition) is 3. The summed E-state index contributed by atoms with van der Waals surface area (Å²) in [4.78, 5) is 23.2. The molecule has 11 nitrogen and oxygen atoms in total. The zero-order valence-corrected chi connectivity index (χ0v) is 24.3. The number of rotatable bonds is 10. The number of nitrogens with one attached hydrogen (secondary N) is 2. The number of aliphatic hydroxyl groups excluding tert-OH is 1. The predicted molar refractivity (Wildman–Crippen MR) is 155 cm³/mol. The number of anilines is 1. The lowest BCUT2D eigenvalue weighted by molar-refractivity contribution is 0.193. The van der Waals surface area contributed by atoms with Gasteiger partial charge in [0.2, 0.25) is 11.3 Å². The summed E-state index contributed by atoms with van der Waals surface area (Å²) >= 11 is 6.36. The Balaban J connectivity index is 1.88. The monoisotopic (exact) mass is 600 g/mol. The van der Waals surface area contributed by atoms with Gasteiger partial charge >= 0.3 is 0 Å². The van der Waals surface area contributed by atoms with Crippen LogP contribution in [-0.2, 0) is 15.4 Å². The molecule has 0 amide bonds. The summed E-state index contributed by atoms with van der Waals surface area (Å²) in [6, 6.07) is 13.9. The van der Waals surface area contributed by atoms with Gasteiger partial charge in [0, 0.05) is 23.9 Å². The second kappa shape index (κ2) is 12.2. The lowest BCUT2D eigenvalue weighted by Gasteiger charge is -2.20. The fraction of sp³-hybridized carbons (Fsp3) is 0.250. The SMILES string of the molecule is COc1ccc(Cl)c(Oc2c(NS(=O)(=O)c3ccc(C(C)(C)C)cc3)nc(-c3cc[nH]c(=O)c3)nc2OCCO)c1. The molecule has 216 valence electrons. The van der Waals surface area contributed by atoms with Crippen LogP contribution in [0.5, 0.6) is 23.1 Å². The van der Waals surface area contributed by atoms with E-state index in [2.05, 4.69) is 19.7 Å². The zero-order valence-electron chi connectivity index (χ0n) is 22.8. The van der Waals surface area contributed by atoms with Gasteiger partial charge in [-0.15, -0.1) is 0 Å². The Kier molecular flexibility index (Phi) is 8.86. The molecule has 13 heteroatoms. The lowest BCUT2D eigenvalue weighted by Crippen LogP contribution is -2.17. The van der Waals surface area contributed by atoms with Gasteiger partial charge in [-0.3, -0.25) is 9.52 Å². The van der Waals surface area contributed by atoms with E-state index in [0.717, 1.165) is 5.56 Å². The number of pyridine rings is 1. The van der Waals surface area contributed by atoms with E-state index in [1.54, 1.807) is 18.2 Å². The first-order valence-electron chi connectivity index (χ1n) is 12.4. The van der Waals surface area contributed by atoms with Crippen molar-refractivity contribution in [1.82, 2.24) is 15.0 Å². The van der Waals surface area contributed by atoms with Crippen LogP contribution in [0.15, 0.2) is 70.5 Å². The first kappa shape index (κ1) is 29.8. The molecule has 0 aliphatic carbocycles. The normalized spacial score (nSPS) is 11.7. The van der Waals surface area contributed by atoms with Crippen LogP contribution >= 0.6 is 11.6 Å². The van der Waals surface area contributed by atoms with Crippen LogP contribution in [0.2, 0.25) is 5.02 Å².